The monoisotopic (exact) mass is 159 g/mol. The van der Waals surface area contributed by atoms with E-state index >= 15 is 0 Å². The van der Waals surface area contributed by atoms with Crippen LogP contribution in [0.4, 0.5) is 0 Å². The van der Waals surface area contributed by atoms with Crippen LogP contribution in [0.2, 0.25) is 0 Å². The molecule has 1 nitrogen and oxygen atoms in total. The zero-order valence-corrected chi connectivity index (χ0v) is 7.33. The lowest BCUT2D eigenvalue weighted by molar-refractivity contribution is 1.17. The van der Waals surface area contributed by atoms with E-state index in [0.717, 1.165) is 5.92 Å². The van der Waals surface area contributed by atoms with E-state index in [2.05, 4.69) is 29.3 Å². The van der Waals surface area contributed by atoms with E-state index in [4.69, 9.17) is 0 Å². The van der Waals surface area contributed by atoms with Gasteiger partial charge in [-0.3, -0.25) is 4.99 Å². The fourth-order valence-corrected chi connectivity index (χ4v) is 1.51. The zero-order valence-electron chi connectivity index (χ0n) is 7.33. The third-order valence-corrected chi connectivity index (χ3v) is 2.27. The molecule has 1 fully saturated rings. The van der Waals surface area contributed by atoms with Gasteiger partial charge in [-0.25, -0.2) is 0 Å². The lowest BCUT2D eigenvalue weighted by Crippen LogP contribution is -2.02. The summed E-state index contributed by atoms with van der Waals surface area (Å²) in [6.07, 6.45) is 2.64. The lowest BCUT2D eigenvalue weighted by Gasteiger charge is -2.02. The Bertz CT molecular complexity index is 283. The molecule has 12 heavy (non-hydrogen) atoms. The average Bonchev–Trinajstić information content (AvgIpc) is 2.92. The van der Waals surface area contributed by atoms with Crippen LogP contribution >= 0.6 is 0 Å². The Morgan fingerprint density at radius 3 is 2.42 bits per heavy atom. The summed E-state index contributed by atoms with van der Waals surface area (Å²) in [5.74, 6) is 0.748. The van der Waals surface area contributed by atoms with E-state index in [1.54, 1.807) is 0 Å². The summed E-state index contributed by atoms with van der Waals surface area (Å²) in [6, 6.07) is 10.5. The first kappa shape index (κ1) is 7.53. The van der Waals surface area contributed by atoms with Crippen molar-refractivity contribution in [1.82, 2.24) is 0 Å². The fourth-order valence-electron chi connectivity index (χ4n) is 1.51. The lowest BCUT2D eigenvalue weighted by atomic mass is 10.1. The molecule has 0 saturated heterocycles. The Morgan fingerprint density at radius 2 is 1.92 bits per heavy atom. The molecule has 1 aromatic carbocycles. The van der Waals surface area contributed by atoms with Gasteiger partial charge in [-0.2, -0.15) is 0 Å². The van der Waals surface area contributed by atoms with Crippen LogP contribution in [0.1, 0.15) is 18.4 Å². The molecule has 2 rings (SSSR count). The van der Waals surface area contributed by atoms with Crippen molar-refractivity contribution < 1.29 is 0 Å². The Hall–Kier alpha value is -1.11. The first-order chi connectivity index (χ1) is 5.92. The molecule has 1 aromatic rings. The zero-order chi connectivity index (χ0) is 8.39. The molecule has 0 heterocycles. The van der Waals surface area contributed by atoms with Crippen molar-refractivity contribution in [3.05, 3.63) is 35.9 Å². The molecule has 0 spiro atoms. The van der Waals surface area contributed by atoms with Crippen molar-refractivity contribution in [2.45, 2.75) is 12.8 Å². The summed E-state index contributed by atoms with van der Waals surface area (Å²) < 4.78 is 0. The Labute approximate surface area is 73.1 Å². The molecule has 0 bridgehead atoms. The highest BCUT2D eigenvalue weighted by molar-refractivity contribution is 6.03. The van der Waals surface area contributed by atoms with Crippen LogP contribution in [0.3, 0.4) is 0 Å². The maximum Gasteiger partial charge on any atom is 0.0448 e. The number of benzene rings is 1. The minimum absolute atomic E-state index is 0.748. The largest absolute Gasteiger partial charge is 0.292 e. The van der Waals surface area contributed by atoms with Crippen LogP contribution in [-0.4, -0.2) is 12.8 Å². The maximum atomic E-state index is 4.34. The van der Waals surface area contributed by atoms with E-state index in [0.29, 0.717) is 0 Å². The molecule has 0 amide bonds. The van der Waals surface area contributed by atoms with Gasteiger partial charge < -0.3 is 0 Å². The molecule has 1 aliphatic rings. The smallest absolute Gasteiger partial charge is 0.0448 e. The van der Waals surface area contributed by atoms with Crippen LogP contribution < -0.4 is 0 Å². The Morgan fingerprint density at radius 1 is 1.25 bits per heavy atom. The van der Waals surface area contributed by atoms with Gasteiger partial charge in [-0.15, -0.1) is 0 Å². The topological polar surface area (TPSA) is 12.4 Å². The number of hydrogen-bond acceptors (Lipinski definition) is 1. The first-order valence-electron chi connectivity index (χ1n) is 4.44. The predicted molar refractivity (Wildman–Crippen MR) is 51.6 cm³/mol. The average molecular weight is 159 g/mol. The van der Waals surface area contributed by atoms with Crippen molar-refractivity contribution in [3.63, 3.8) is 0 Å². The van der Waals surface area contributed by atoms with E-state index in [-0.39, 0.29) is 0 Å². The van der Waals surface area contributed by atoms with Gasteiger partial charge in [0.1, 0.15) is 0 Å². The number of rotatable bonds is 2. The molecule has 0 aromatic heterocycles. The summed E-state index contributed by atoms with van der Waals surface area (Å²) in [5.41, 5.74) is 2.58. The normalized spacial score (nSPS) is 17.9. The molecular formula is C11H13N. The summed E-state index contributed by atoms with van der Waals surface area (Å²) >= 11 is 0. The van der Waals surface area contributed by atoms with Gasteiger partial charge in [0, 0.05) is 18.7 Å². The van der Waals surface area contributed by atoms with Gasteiger partial charge in [0.2, 0.25) is 0 Å². The second-order valence-corrected chi connectivity index (χ2v) is 3.25. The minimum atomic E-state index is 0.748. The second-order valence-electron chi connectivity index (χ2n) is 3.25. The van der Waals surface area contributed by atoms with Gasteiger partial charge >= 0.3 is 0 Å². The Balaban J connectivity index is 2.28. The summed E-state index contributed by atoms with van der Waals surface area (Å²) in [7, 11) is 1.89. The van der Waals surface area contributed by atoms with E-state index in [1.807, 2.05) is 13.1 Å². The molecule has 0 radical (unpaired) electrons. The van der Waals surface area contributed by atoms with Crippen molar-refractivity contribution in [1.29, 1.82) is 0 Å². The highest BCUT2D eigenvalue weighted by atomic mass is 14.7. The quantitative estimate of drug-likeness (QED) is 0.588. The molecule has 1 aliphatic carbocycles. The molecular weight excluding hydrogens is 146 g/mol. The molecule has 0 aliphatic heterocycles. The standard InChI is InChI=1S/C11H13N/c1-12-11(10-7-8-10)9-5-3-2-4-6-9/h2-6,10H,7-8H2,1H3. The SMILES string of the molecule is CN=C(c1ccccc1)C1CC1. The number of aliphatic imine (C=N–C) groups is 1. The van der Waals surface area contributed by atoms with Gasteiger partial charge in [-0.1, -0.05) is 30.3 Å². The number of hydrogen-bond donors (Lipinski definition) is 0. The number of nitrogens with zero attached hydrogens (tertiary/aromatic N) is 1. The van der Waals surface area contributed by atoms with Crippen LogP contribution in [-0.2, 0) is 0 Å². The first-order valence-corrected chi connectivity index (χ1v) is 4.44. The van der Waals surface area contributed by atoms with Gasteiger partial charge in [0.25, 0.3) is 0 Å². The molecule has 0 N–H and O–H groups in total. The van der Waals surface area contributed by atoms with E-state index in [9.17, 15) is 0 Å². The predicted octanol–water partition coefficient (Wildman–Crippen LogP) is 2.52. The van der Waals surface area contributed by atoms with E-state index in [1.165, 1.54) is 24.1 Å². The van der Waals surface area contributed by atoms with Crippen molar-refractivity contribution in [2.75, 3.05) is 7.05 Å². The van der Waals surface area contributed by atoms with Crippen molar-refractivity contribution in [2.24, 2.45) is 10.9 Å². The highest BCUT2D eigenvalue weighted by Gasteiger charge is 2.27. The van der Waals surface area contributed by atoms with Crippen LogP contribution in [0.5, 0.6) is 0 Å². The van der Waals surface area contributed by atoms with Gasteiger partial charge in [-0.05, 0) is 18.4 Å². The summed E-state index contributed by atoms with van der Waals surface area (Å²) in [5, 5.41) is 0. The third kappa shape index (κ3) is 1.40. The molecule has 1 heteroatoms. The summed E-state index contributed by atoms with van der Waals surface area (Å²) in [6.45, 7) is 0. The molecule has 1 saturated carbocycles. The fraction of sp³-hybridized carbons (Fsp3) is 0.364. The highest BCUT2D eigenvalue weighted by Crippen LogP contribution is 2.33. The Kier molecular flexibility index (Phi) is 1.94. The van der Waals surface area contributed by atoms with Crippen LogP contribution in [0.15, 0.2) is 35.3 Å². The minimum Gasteiger partial charge on any atom is -0.292 e. The molecule has 0 atom stereocenters. The second kappa shape index (κ2) is 3.10. The third-order valence-electron chi connectivity index (χ3n) is 2.27. The summed E-state index contributed by atoms with van der Waals surface area (Å²) in [4.78, 5) is 4.34. The van der Waals surface area contributed by atoms with Gasteiger partial charge in [0.15, 0.2) is 0 Å². The van der Waals surface area contributed by atoms with Crippen LogP contribution in [0, 0.1) is 5.92 Å². The molecule has 62 valence electrons. The van der Waals surface area contributed by atoms with Crippen LogP contribution in [0.25, 0.3) is 0 Å². The van der Waals surface area contributed by atoms with E-state index < -0.39 is 0 Å². The van der Waals surface area contributed by atoms with Crippen molar-refractivity contribution >= 4 is 5.71 Å². The maximum absolute atomic E-state index is 4.34. The molecule has 0 unspecified atom stereocenters. The van der Waals surface area contributed by atoms with Crippen molar-refractivity contribution in [3.8, 4) is 0 Å². The van der Waals surface area contributed by atoms with Gasteiger partial charge in [0.05, 0.1) is 0 Å².